The molecule has 2 aliphatic heterocycles. The van der Waals surface area contributed by atoms with Crippen molar-refractivity contribution in [3.8, 4) is 11.5 Å². The monoisotopic (exact) mass is 397 g/mol. The Labute approximate surface area is 172 Å². The van der Waals surface area contributed by atoms with E-state index in [2.05, 4.69) is 40.7 Å². The topological polar surface area (TPSA) is 56.6 Å². The second-order valence-electron chi connectivity index (χ2n) is 9.25. The molecule has 0 spiro atoms. The molecule has 0 saturated carbocycles. The van der Waals surface area contributed by atoms with Crippen molar-refractivity contribution < 1.29 is 14.3 Å². The van der Waals surface area contributed by atoms with Crippen LogP contribution in [0.5, 0.6) is 11.5 Å². The molecule has 2 aliphatic rings. The van der Waals surface area contributed by atoms with Gasteiger partial charge in [0.1, 0.15) is 13.2 Å². The van der Waals surface area contributed by atoms with Crippen LogP contribution < -0.4 is 9.47 Å². The van der Waals surface area contributed by atoms with Gasteiger partial charge in [0.15, 0.2) is 17.2 Å². The second-order valence-corrected chi connectivity index (χ2v) is 9.25. The number of carbonyl (C=O) groups excluding carboxylic acids is 1. The van der Waals surface area contributed by atoms with Crippen molar-refractivity contribution >= 4 is 5.91 Å². The fourth-order valence-corrected chi connectivity index (χ4v) is 4.22. The summed E-state index contributed by atoms with van der Waals surface area (Å²) < 4.78 is 13.4. The van der Waals surface area contributed by atoms with E-state index in [1.54, 1.807) is 0 Å². The number of rotatable bonds is 3. The van der Waals surface area contributed by atoms with Crippen molar-refractivity contribution in [1.82, 2.24) is 14.7 Å². The van der Waals surface area contributed by atoms with Gasteiger partial charge in [-0.3, -0.25) is 9.48 Å². The zero-order valence-corrected chi connectivity index (χ0v) is 18.1. The number of nitrogens with zero attached hydrogens (tertiary/aromatic N) is 3. The van der Waals surface area contributed by atoms with Gasteiger partial charge in [0, 0.05) is 12.2 Å². The first-order valence-corrected chi connectivity index (χ1v) is 10.6. The van der Waals surface area contributed by atoms with Crippen molar-refractivity contribution in [2.75, 3.05) is 19.8 Å². The molecule has 6 heteroatoms. The number of hydrogen-bond acceptors (Lipinski definition) is 4. The Morgan fingerprint density at radius 3 is 2.52 bits per heavy atom. The smallest absolute Gasteiger partial charge is 0.274 e. The van der Waals surface area contributed by atoms with Crippen LogP contribution in [0.1, 0.15) is 81.2 Å². The summed E-state index contributed by atoms with van der Waals surface area (Å²) in [5, 5.41) is 4.73. The highest BCUT2D eigenvalue weighted by molar-refractivity contribution is 5.93. The minimum Gasteiger partial charge on any atom is -0.486 e. The Morgan fingerprint density at radius 1 is 1.14 bits per heavy atom. The number of ether oxygens (including phenoxy) is 2. The molecular formula is C23H31N3O3. The summed E-state index contributed by atoms with van der Waals surface area (Å²) in [6.07, 6.45) is 1.93. The molecule has 0 aliphatic carbocycles. The van der Waals surface area contributed by atoms with Crippen molar-refractivity contribution in [2.24, 2.45) is 0 Å². The van der Waals surface area contributed by atoms with E-state index in [4.69, 9.17) is 14.6 Å². The molecule has 1 aromatic carbocycles. The molecule has 1 atom stereocenters. The van der Waals surface area contributed by atoms with Gasteiger partial charge < -0.3 is 14.4 Å². The van der Waals surface area contributed by atoms with E-state index in [9.17, 15) is 4.79 Å². The SMILES string of the molecule is CC(C)c1cc(C(=O)N2CCCC2c2ccc3c(c2)OCCO3)nn1C(C)(C)C. The minimum absolute atomic E-state index is 0.00675. The fourth-order valence-electron chi connectivity index (χ4n) is 4.22. The molecular weight excluding hydrogens is 366 g/mol. The van der Waals surface area contributed by atoms with Crippen LogP contribution in [-0.4, -0.2) is 40.3 Å². The average Bonchev–Trinajstić information content (AvgIpc) is 3.34. The van der Waals surface area contributed by atoms with Crippen LogP contribution in [0.4, 0.5) is 0 Å². The highest BCUT2D eigenvalue weighted by atomic mass is 16.6. The predicted molar refractivity (Wildman–Crippen MR) is 112 cm³/mol. The molecule has 0 N–H and O–H groups in total. The standard InChI is InChI=1S/C23H31N3O3/c1-15(2)19-14-17(24-26(19)23(3,4)5)22(27)25-10-6-7-18(25)16-8-9-20-21(13-16)29-12-11-28-20/h8-9,13-15,18H,6-7,10-12H2,1-5H3. The Kier molecular flexibility index (Phi) is 5.05. The van der Waals surface area contributed by atoms with E-state index in [0.717, 1.165) is 42.1 Å². The van der Waals surface area contributed by atoms with Crippen molar-refractivity contribution in [3.63, 3.8) is 0 Å². The number of aromatic nitrogens is 2. The van der Waals surface area contributed by atoms with Gasteiger partial charge in [0.05, 0.1) is 11.6 Å². The first-order chi connectivity index (χ1) is 13.8. The van der Waals surface area contributed by atoms with E-state index in [1.807, 2.05) is 27.8 Å². The van der Waals surface area contributed by atoms with E-state index < -0.39 is 0 Å². The molecule has 0 radical (unpaired) electrons. The van der Waals surface area contributed by atoms with Crippen LogP contribution in [-0.2, 0) is 5.54 Å². The van der Waals surface area contributed by atoms with Gasteiger partial charge in [-0.1, -0.05) is 19.9 Å². The van der Waals surface area contributed by atoms with Crippen LogP contribution >= 0.6 is 0 Å². The Morgan fingerprint density at radius 2 is 1.86 bits per heavy atom. The first-order valence-electron chi connectivity index (χ1n) is 10.6. The minimum atomic E-state index is -0.168. The van der Waals surface area contributed by atoms with E-state index in [1.165, 1.54) is 0 Å². The maximum absolute atomic E-state index is 13.4. The number of benzene rings is 1. The maximum atomic E-state index is 13.4. The van der Waals surface area contributed by atoms with Crippen LogP contribution in [0.15, 0.2) is 24.3 Å². The molecule has 6 nitrogen and oxygen atoms in total. The third kappa shape index (κ3) is 3.72. The third-order valence-corrected chi connectivity index (χ3v) is 5.65. The summed E-state index contributed by atoms with van der Waals surface area (Å²) in [7, 11) is 0. The van der Waals surface area contributed by atoms with Crippen LogP contribution in [0.3, 0.4) is 0 Å². The predicted octanol–water partition coefficient (Wildman–Crippen LogP) is 4.51. The van der Waals surface area contributed by atoms with E-state index >= 15 is 0 Å². The molecule has 1 fully saturated rings. The van der Waals surface area contributed by atoms with Crippen molar-refractivity contribution in [1.29, 1.82) is 0 Å². The molecule has 3 heterocycles. The molecule has 4 rings (SSSR count). The van der Waals surface area contributed by atoms with Gasteiger partial charge in [-0.15, -0.1) is 0 Å². The van der Waals surface area contributed by atoms with Crippen LogP contribution in [0.25, 0.3) is 0 Å². The number of fused-ring (bicyclic) bond motifs is 1. The van der Waals surface area contributed by atoms with Gasteiger partial charge in [0.25, 0.3) is 5.91 Å². The number of likely N-dealkylation sites (tertiary alicyclic amines) is 1. The molecule has 1 aromatic heterocycles. The normalized spacial score (nSPS) is 19.1. The average molecular weight is 398 g/mol. The molecule has 1 saturated heterocycles. The fraction of sp³-hybridized carbons (Fsp3) is 0.565. The number of hydrogen-bond donors (Lipinski definition) is 0. The van der Waals surface area contributed by atoms with Gasteiger partial charge in [0.2, 0.25) is 0 Å². The summed E-state index contributed by atoms with van der Waals surface area (Å²) in [5.74, 6) is 1.86. The molecule has 1 unspecified atom stereocenters. The Hall–Kier alpha value is -2.50. The van der Waals surface area contributed by atoms with Gasteiger partial charge in [-0.2, -0.15) is 5.10 Å². The summed E-state index contributed by atoms with van der Waals surface area (Å²) in [4.78, 5) is 15.4. The zero-order valence-electron chi connectivity index (χ0n) is 18.1. The highest BCUT2D eigenvalue weighted by Gasteiger charge is 2.34. The zero-order chi connectivity index (χ0) is 20.8. The van der Waals surface area contributed by atoms with Crippen LogP contribution in [0.2, 0.25) is 0 Å². The Bertz CT molecular complexity index is 911. The lowest BCUT2D eigenvalue weighted by Crippen LogP contribution is -2.32. The van der Waals surface area contributed by atoms with Crippen LogP contribution in [0, 0.1) is 0 Å². The molecule has 0 bridgehead atoms. The lowest BCUT2D eigenvalue weighted by molar-refractivity contribution is 0.0727. The summed E-state index contributed by atoms with van der Waals surface area (Å²) in [6.45, 7) is 12.5. The third-order valence-electron chi connectivity index (χ3n) is 5.65. The van der Waals surface area contributed by atoms with Crippen molar-refractivity contribution in [3.05, 3.63) is 41.2 Å². The summed E-state index contributed by atoms with van der Waals surface area (Å²) in [6, 6.07) is 8.04. The largest absolute Gasteiger partial charge is 0.486 e. The van der Waals surface area contributed by atoms with Gasteiger partial charge in [-0.05, 0) is 63.3 Å². The maximum Gasteiger partial charge on any atom is 0.274 e. The van der Waals surface area contributed by atoms with Gasteiger partial charge >= 0.3 is 0 Å². The summed E-state index contributed by atoms with van der Waals surface area (Å²) >= 11 is 0. The lowest BCUT2D eigenvalue weighted by Gasteiger charge is -2.26. The molecule has 2 aromatic rings. The molecule has 156 valence electrons. The first kappa shape index (κ1) is 19.8. The molecule has 1 amide bonds. The van der Waals surface area contributed by atoms with E-state index in [-0.39, 0.29) is 17.5 Å². The van der Waals surface area contributed by atoms with Gasteiger partial charge in [-0.25, -0.2) is 0 Å². The van der Waals surface area contributed by atoms with E-state index in [0.29, 0.717) is 24.8 Å². The summed E-state index contributed by atoms with van der Waals surface area (Å²) in [5.41, 5.74) is 2.56. The number of carbonyl (C=O) groups is 1. The quantitative estimate of drug-likeness (QED) is 0.765. The Balaban J connectivity index is 1.63. The van der Waals surface area contributed by atoms with Crippen molar-refractivity contribution in [2.45, 2.75) is 65.0 Å². The highest BCUT2D eigenvalue weighted by Crippen LogP contribution is 2.38. The number of amides is 1. The lowest BCUT2D eigenvalue weighted by atomic mass is 10.0. The second kappa shape index (κ2) is 7.39. The molecule has 29 heavy (non-hydrogen) atoms.